The van der Waals surface area contributed by atoms with Crippen LogP contribution in [-0.4, -0.2) is 29.7 Å². The van der Waals surface area contributed by atoms with Gasteiger partial charge in [0.05, 0.1) is 5.92 Å². The van der Waals surface area contributed by atoms with Crippen LogP contribution >= 0.6 is 0 Å². The van der Waals surface area contributed by atoms with E-state index in [-0.39, 0.29) is 25.0 Å². The Morgan fingerprint density at radius 1 is 1.16 bits per heavy atom. The molecule has 0 spiro atoms. The number of anilines is 1. The standard InChI is InChI=1S/C24H22N2O5/c1-15-9-17-10-16(7-8-21(17)30-15)22-12-19(25-31-22)14-29-24(28)18-11-23(27)26(13-18)20-5-3-2-4-6-20/h2-8,10,12,15,18H,9,11,13-14H2,1H3. The second kappa shape index (κ2) is 7.91. The minimum Gasteiger partial charge on any atom is -0.490 e. The number of amides is 1. The van der Waals surface area contributed by atoms with Crippen LogP contribution in [0.1, 0.15) is 24.6 Å². The first-order valence-electron chi connectivity index (χ1n) is 10.3. The highest BCUT2D eigenvalue weighted by Crippen LogP contribution is 2.33. The number of nitrogens with zero attached hydrogens (tertiary/aromatic N) is 2. The maximum atomic E-state index is 12.5. The number of esters is 1. The van der Waals surface area contributed by atoms with Crippen LogP contribution in [0.5, 0.6) is 5.75 Å². The van der Waals surface area contributed by atoms with Gasteiger partial charge >= 0.3 is 5.97 Å². The Morgan fingerprint density at radius 3 is 2.84 bits per heavy atom. The second-order valence-electron chi connectivity index (χ2n) is 7.99. The maximum absolute atomic E-state index is 12.5. The van der Waals surface area contributed by atoms with Crippen molar-refractivity contribution in [3.05, 3.63) is 65.9 Å². The lowest BCUT2D eigenvalue weighted by molar-refractivity contribution is -0.149. The average Bonchev–Trinajstić information content (AvgIpc) is 3.49. The van der Waals surface area contributed by atoms with E-state index in [4.69, 9.17) is 14.0 Å². The molecule has 0 bridgehead atoms. The molecule has 2 aliphatic rings. The summed E-state index contributed by atoms with van der Waals surface area (Å²) in [6.45, 7) is 2.36. The van der Waals surface area contributed by atoms with Crippen LogP contribution in [0.2, 0.25) is 0 Å². The quantitative estimate of drug-likeness (QED) is 0.587. The van der Waals surface area contributed by atoms with Gasteiger partial charge in [0.1, 0.15) is 24.2 Å². The number of rotatable bonds is 5. The lowest BCUT2D eigenvalue weighted by Crippen LogP contribution is -2.26. The minimum absolute atomic E-state index is 0.00342. The number of aromatic nitrogens is 1. The van der Waals surface area contributed by atoms with Crippen molar-refractivity contribution in [2.24, 2.45) is 5.92 Å². The van der Waals surface area contributed by atoms with Gasteiger partial charge in [0.2, 0.25) is 5.91 Å². The number of carbonyl (C=O) groups is 2. The summed E-state index contributed by atoms with van der Waals surface area (Å²) in [5.41, 5.74) is 3.36. The van der Waals surface area contributed by atoms with E-state index in [0.717, 1.165) is 29.0 Å². The molecule has 2 atom stereocenters. The van der Waals surface area contributed by atoms with Gasteiger partial charge < -0.3 is 18.9 Å². The lowest BCUT2D eigenvalue weighted by atomic mass is 10.1. The molecule has 1 saturated heterocycles. The SMILES string of the molecule is CC1Cc2cc(-c3cc(COC(=O)C4CC(=O)N(c5ccccc5)C4)no3)ccc2O1. The van der Waals surface area contributed by atoms with Gasteiger partial charge in [0, 0.05) is 36.7 Å². The molecule has 3 aromatic rings. The van der Waals surface area contributed by atoms with E-state index < -0.39 is 11.9 Å². The zero-order chi connectivity index (χ0) is 21.4. The third kappa shape index (κ3) is 3.91. The van der Waals surface area contributed by atoms with E-state index in [1.54, 1.807) is 11.0 Å². The molecule has 1 aromatic heterocycles. The predicted molar refractivity (Wildman–Crippen MR) is 112 cm³/mol. The van der Waals surface area contributed by atoms with Crippen LogP contribution in [0.4, 0.5) is 5.69 Å². The zero-order valence-electron chi connectivity index (χ0n) is 17.1. The van der Waals surface area contributed by atoms with Gasteiger partial charge in [-0.3, -0.25) is 9.59 Å². The summed E-state index contributed by atoms with van der Waals surface area (Å²) in [6.07, 6.45) is 1.19. The maximum Gasteiger partial charge on any atom is 0.311 e. The van der Waals surface area contributed by atoms with E-state index >= 15 is 0 Å². The van der Waals surface area contributed by atoms with Crippen molar-refractivity contribution in [1.82, 2.24) is 5.16 Å². The van der Waals surface area contributed by atoms with Crippen LogP contribution in [-0.2, 0) is 27.4 Å². The molecule has 5 rings (SSSR count). The highest BCUT2D eigenvalue weighted by molar-refractivity contribution is 5.99. The van der Waals surface area contributed by atoms with Crippen LogP contribution in [0.25, 0.3) is 11.3 Å². The summed E-state index contributed by atoms with van der Waals surface area (Å²) in [4.78, 5) is 26.4. The number of fused-ring (bicyclic) bond motifs is 1. The van der Waals surface area contributed by atoms with Crippen molar-refractivity contribution in [2.45, 2.75) is 32.5 Å². The normalized spacial score (nSPS) is 19.9. The first-order valence-corrected chi connectivity index (χ1v) is 10.3. The number of benzene rings is 2. The van der Waals surface area contributed by atoms with Gasteiger partial charge in [0.25, 0.3) is 0 Å². The number of ether oxygens (including phenoxy) is 2. The van der Waals surface area contributed by atoms with Gasteiger partial charge in [-0.1, -0.05) is 23.4 Å². The molecular weight excluding hydrogens is 396 g/mol. The van der Waals surface area contributed by atoms with Gasteiger partial charge in [-0.15, -0.1) is 0 Å². The Labute approximate surface area is 179 Å². The first kappa shape index (κ1) is 19.4. The Hall–Kier alpha value is -3.61. The highest BCUT2D eigenvalue weighted by atomic mass is 16.5. The van der Waals surface area contributed by atoms with Crippen molar-refractivity contribution >= 4 is 17.6 Å². The van der Waals surface area contributed by atoms with Crippen LogP contribution in [0.15, 0.2) is 59.1 Å². The molecule has 0 N–H and O–H groups in total. The monoisotopic (exact) mass is 418 g/mol. The molecule has 158 valence electrons. The third-order valence-electron chi connectivity index (χ3n) is 5.63. The Balaban J connectivity index is 1.20. The Bertz CT molecular complexity index is 1120. The van der Waals surface area contributed by atoms with Gasteiger partial charge in [-0.2, -0.15) is 0 Å². The fourth-order valence-electron chi connectivity index (χ4n) is 4.08. The van der Waals surface area contributed by atoms with Gasteiger partial charge in [-0.05, 0) is 42.8 Å². The van der Waals surface area contributed by atoms with Gasteiger partial charge in [0.15, 0.2) is 5.76 Å². The number of hydrogen-bond acceptors (Lipinski definition) is 6. The molecule has 0 radical (unpaired) electrons. The summed E-state index contributed by atoms with van der Waals surface area (Å²) in [5, 5.41) is 4.02. The van der Waals surface area contributed by atoms with Crippen molar-refractivity contribution < 1.29 is 23.6 Å². The number of para-hydroxylation sites is 1. The van der Waals surface area contributed by atoms with E-state index in [0.29, 0.717) is 18.0 Å². The number of hydrogen-bond donors (Lipinski definition) is 0. The van der Waals surface area contributed by atoms with Crippen molar-refractivity contribution in [2.75, 3.05) is 11.4 Å². The number of carbonyl (C=O) groups excluding carboxylic acids is 2. The molecular formula is C24H22N2O5. The summed E-state index contributed by atoms with van der Waals surface area (Å²) in [5.74, 6) is 0.546. The molecule has 1 amide bonds. The smallest absolute Gasteiger partial charge is 0.311 e. The van der Waals surface area contributed by atoms with E-state index in [9.17, 15) is 9.59 Å². The summed E-state index contributed by atoms with van der Waals surface area (Å²) in [7, 11) is 0. The third-order valence-corrected chi connectivity index (χ3v) is 5.63. The lowest BCUT2D eigenvalue weighted by Gasteiger charge is -2.16. The average molecular weight is 418 g/mol. The fraction of sp³-hybridized carbons (Fsp3) is 0.292. The van der Waals surface area contributed by atoms with Crippen molar-refractivity contribution in [3.63, 3.8) is 0 Å². The Kier molecular flexibility index (Phi) is 4.94. The molecule has 0 saturated carbocycles. The molecule has 2 unspecified atom stereocenters. The topological polar surface area (TPSA) is 81.9 Å². The molecule has 0 aliphatic carbocycles. The molecule has 2 aliphatic heterocycles. The molecule has 7 nitrogen and oxygen atoms in total. The van der Waals surface area contributed by atoms with E-state index in [1.807, 2.05) is 55.5 Å². The minimum atomic E-state index is -0.488. The van der Waals surface area contributed by atoms with Crippen molar-refractivity contribution in [3.8, 4) is 17.1 Å². The molecule has 3 heterocycles. The van der Waals surface area contributed by atoms with E-state index in [1.165, 1.54) is 0 Å². The largest absolute Gasteiger partial charge is 0.490 e. The summed E-state index contributed by atoms with van der Waals surface area (Å²) < 4.78 is 16.6. The molecule has 2 aromatic carbocycles. The first-order chi connectivity index (χ1) is 15.1. The summed E-state index contributed by atoms with van der Waals surface area (Å²) in [6, 6.07) is 17.0. The van der Waals surface area contributed by atoms with E-state index in [2.05, 4.69) is 5.16 Å². The summed E-state index contributed by atoms with van der Waals surface area (Å²) >= 11 is 0. The molecule has 7 heteroatoms. The molecule has 31 heavy (non-hydrogen) atoms. The highest BCUT2D eigenvalue weighted by Gasteiger charge is 2.36. The fourth-order valence-corrected chi connectivity index (χ4v) is 4.08. The van der Waals surface area contributed by atoms with Crippen LogP contribution in [0, 0.1) is 5.92 Å². The molecule has 1 fully saturated rings. The zero-order valence-corrected chi connectivity index (χ0v) is 17.1. The predicted octanol–water partition coefficient (Wildman–Crippen LogP) is 3.76. The van der Waals surface area contributed by atoms with Crippen molar-refractivity contribution in [1.29, 1.82) is 0 Å². The second-order valence-corrected chi connectivity index (χ2v) is 7.99. The van der Waals surface area contributed by atoms with Crippen LogP contribution < -0.4 is 9.64 Å². The van der Waals surface area contributed by atoms with Gasteiger partial charge in [-0.25, -0.2) is 0 Å². The van der Waals surface area contributed by atoms with Crippen LogP contribution in [0.3, 0.4) is 0 Å². The Morgan fingerprint density at radius 2 is 2.00 bits per heavy atom.